The highest BCUT2D eigenvalue weighted by atomic mass is 35.5. The van der Waals surface area contributed by atoms with Crippen LogP contribution in [0.1, 0.15) is 47.5 Å². The summed E-state index contributed by atoms with van der Waals surface area (Å²) in [6.45, 7) is 9.36. The average molecular weight is 433 g/mol. The van der Waals surface area contributed by atoms with Crippen LogP contribution in [0, 0.1) is 5.92 Å². The molecule has 1 aromatic carbocycles. The Hall–Kier alpha value is -1.56. The lowest BCUT2D eigenvalue weighted by Crippen LogP contribution is -2.39. The van der Waals surface area contributed by atoms with Crippen molar-refractivity contribution in [3.8, 4) is 5.06 Å². The molecule has 0 N–H and O–H groups in total. The highest BCUT2D eigenvalue weighted by Crippen LogP contribution is 2.35. The van der Waals surface area contributed by atoms with E-state index in [-0.39, 0.29) is 5.91 Å². The Labute approximate surface area is 182 Å². The van der Waals surface area contributed by atoms with E-state index in [0.29, 0.717) is 29.2 Å². The first-order valence-electron chi connectivity index (χ1n) is 10.5. The van der Waals surface area contributed by atoms with E-state index in [4.69, 9.17) is 16.3 Å². The van der Waals surface area contributed by atoms with Gasteiger partial charge >= 0.3 is 0 Å². The van der Waals surface area contributed by atoms with Gasteiger partial charge in [0.05, 0.1) is 0 Å². The van der Waals surface area contributed by atoms with Crippen LogP contribution in [-0.2, 0) is 13.0 Å². The van der Waals surface area contributed by atoms with Crippen molar-refractivity contribution < 1.29 is 9.53 Å². The van der Waals surface area contributed by atoms with Crippen molar-refractivity contribution in [1.82, 2.24) is 9.80 Å². The molecular weight excluding hydrogens is 404 g/mol. The molecule has 1 fully saturated rings. The van der Waals surface area contributed by atoms with Crippen LogP contribution < -0.4 is 4.74 Å². The molecule has 0 unspecified atom stereocenters. The van der Waals surface area contributed by atoms with Crippen LogP contribution in [0.2, 0.25) is 5.02 Å². The Morgan fingerprint density at radius 2 is 2.03 bits per heavy atom. The van der Waals surface area contributed by atoms with Gasteiger partial charge in [0, 0.05) is 48.2 Å². The lowest BCUT2D eigenvalue weighted by molar-refractivity contribution is 0.0735. The largest absolute Gasteiger partial charge is 0.481 e. The van der Waals surface area contributed by atoms with Gasteiger partial charge < -0.3 is 14.5 Å². The van der Waals surface area contributed by atoms with E-state index in [1.165, 1.54) is 17.0 Å². The van der Waals surface area contributed by atoms with Crippen molar-refractivity contribution in [1.29, 1.82) is 0 Å². The number of likely N-dealkylation sites (tertiary alicyclic amines) is 1. The van der Waals surface area contributed by atoms with Crippen LogP contribution in [0.4, 0.5) is 0 Å². The maximum atomic E-state index is 12.8. The minimum absolute atomic E-state index is 0.0457. The molecule has 0 aliphatic carbocycles. The van der Waals surface area contributed by atoms with Crippen LogP contribution >= 0.6 is 22.9 Å². The van der Waals surface area contributed by atoms with Crippen molar-refractivity contribution in [2.45, 2.75) is 45.8 Å². The highest BCUT2D eigenvalue weighted by molar-refractivity contribution is 7.14. The van der Waals surface area contributed by atoms with Crippen molar-refractivity contribution in [3.05, 3.63) is 51.4 Å². The van der Waals surface area contributed by atoms with E-state index in [9.17, 15) is 4.79 Å². The number of carbonyl (C=O) groups is 1. The molecule has 0 atom stereocenters. The maximum absolute atomic E-state index is 12.8. The first kappa shape index (κ1) is 20.7. The van der Waals surface area contributed by atoms with E-state index >= 15 is 0 Å². The van der Waals surface area contributed by atoms with Crippen LogP contribution in [0.15, 0.2) is 30.3 Å². The number of benzene rings is 1. The fourth-order valence-electron chi connectivity index (χ4n) is 4.23. The second-order valence-electron chi connectivity index (χ2n) is 8.51. The average Bonchev–Trinajstić information content (AvgIpc) is 3.10. The number of hydrogen-bond donors (Lipinski definition) is 0. The number of piperidine rings is 1. The molecule has 0 radical (unpaired) electrons. The van der Waals surface area contributed by atoms with Crippen molar-refractivity contribution in [3.63, 3.8) is 0 Å². The molecule has 0 bridgehead atoms. The minimum atomic E-state index is 0.0457. The predicted molar refractivity (Wildman–Crippen MR) is 119 cm³/mol. The zero-order valence-electron chi connectivity index (χ0n) is 17.2. The SMILES string of the molecule is CC(C)CN1CCC(Oc2cc3c(s2)CCN(C(=O)c2cccc(Cl)c2)C3)CC1. The summed E-state index contributed by atoms with van der Waals surface area (Å²) in [5.74, 6) is 0.762. The van der Waals surface area contributed by atoms with Crippen LogP contribution in [0.25, 0.3) is 0 Å². The predicted octanol–water partition coefficient (Wildman–Crippen LogP) is 5.10. The summed E-state index contributed by atoms with van der Waals surface area (Å²) in [5, 5.41) is 1.61. The summed E-state index contributed by atoms with van der Waals surface area (Å²) in [5.41, 5.74) is 1.88. The van der Waals surface area contributed by atoms with Crippen molar-refractivity contribution >= 4 is 28.8 Å². The molecule has 1 amide bonds. The van der Waals surface area contributed by atoms with Crippen LogP contribution in [0.3, 0.4) is 0 Å². The van der Waals surface area contributed by atoms with Gasteiger partial charge in [0.25, 0.3) is 5.91 Å². The summed E-state index contributed by atoms with van der Waals surface area (Å²) < 4.78 is 6.33. The second kappa shape index (κ2) is 9.07. The summed E-state index contributed by atoms with van der Waals surface area (Å²) in [6.07, 6.45) is 3.38. The van der Waals surface area contributed by atoms with Gasteiger partial charge in [-0.3, -0.25) is 4.79 Å². The molecule has 0 saturated carbocycles. The van der Waals surface area contributed by atoms with Gasteiger partial charge in [-0.05, 0) is 55.0 Å². The van der Waals surface area contributed by atoms with E-state index in [1.807, 2.05) is 17.0 Å². The quantitative estimate of drug-likeness (QED) is 0.658. The van der Waals surface area contributed by atoms with Gasteiger partial charge in [-0.25, -0.2) is 0 Å². The number of thiophene rings is 1. The van der Waals surface area contributed by atoms with Crippen molar-refractivity contribution in [2.24, 2.45) is 5.92 Å². The maximum Gasteiger partial charge on any atom is 0.254 e. The molecule has 4 nitrogen and oxygen atoms in total. The number of ether oxygens (including phenoxy) is 1. The number of carbonyl (C=O) groups excluding carboxylic acids is 1. The molecule has 4 rings (SSSR count). The van der Waals surface area contributed by atoms with E-state index < -0.39 is 0 Å². The standard InChI is InChI=1S/C23H29ClN2O2S/c1-16(2)14-25-9-6-20(7-10-25)28-22-13-18-15-26(11-8-21(18)29-22)23(27)17-4-3-5-19(24)12-17/h3-5,12-13,16,20H,6-11,14-15H2,1-2H3. The molecular formula is C23H29ClN2O2S. The summed E-state index contributed by atoms with van der Waals surface area (Å²) >= 11 is 7.81. The lowest BCUT2D eigenvalue weighted by atomic mass is 10.1. The molecule has 0 spiro atoms. The molecule has 6 heteroatoms. The number of amides is 1. The molecule has 2 aliphatic heterocycles. The Morgan fingerprint density at radius 3 is 2.76 bits per heavy atom. The van der Waals surface area contributed by atoms with Crippen molar-refractivity contribution in [2.75, 3.05) is 26.2 Å². The third kappa shape index (κ3) is 5.14. The minimum Gasteiger partial charge on any atom is -0.481 e. The van der Waals surface area contributed by atoms with Gasteiger partial charge in [-0.2, -0.15) is 0 Å². The fourth-order valence-corrected chi connectivity index (χ4v) is 5.50. The molecule has 1 aromatic heterocycles. The Balaban J connectivity index is 1.35. The number of rotatable bonds is 5. The molecule has 3 heterocycles. The van der Waals surface area contributed by atoms with Gasteiger partial charge in [0.2, 0.25) is 0 Å². The molecule has 1 saturated heterocycles. The fraction of sp³-hybridized carbons (Fsp3) is 0.522. The van der Waals surface area contributed by atoms with Gasteiger partial charge in [0.1, 0.15) is 6.10 Å². The monoisotopic (exact) mass is 432 g/mol. The zero-order chi connectivity index (χ0) is 20.4. The molecule has 29 heavy (non-hydrogen) atoms. The first-order chi connectivity index (χ1) is 14.0. The smallest absolute Gasteiger partial charge is 0.254 e. The highest BCUT2D eigenvalue weighted by Gasteiger charge is 2.26. The zero-order valence-corrected chi connectivity index (χ0v) is 18.8. The van der Waals surface area contributed by atoms with Gasteiger partial charge in [0.15, 0.2) is 5.06 Å². The third-order valence-electron chi connectivity index (χ3n) is 5.64. The summed E-state index contributed by atoms with van der Waals surface area (Å²) in [7, 11) is 0. The Kier molecular flexibility index (Phi) is 6.47. The molecule has 2 aliphatic rings. The normalized spacial score (nSPS) is 18.1. The second-order valence-corrected chi connectivity index (χ2v) is 10.0. The number of fused-ring (bicyclic) bond motifs is 1. The Morgan fingerprint density at radius 1 is 1.24 bits per heavy atom. The molecule has 2 aromatic rings. The number of nitrogens with zero attached hydrogens (tertiary/aromatic N) is 2. The molecule has 156 valence electrons. The van der Waals surface area contributed by atoms with E-state index in [2.05, 4.69) is 24.8 Å². The topological polar surface area (TPSA) is 32.8 Å². The third-order valence-corrected chi connectivity index (χ3v) is 7.01. The van der Waals surface area contributed by atoms with E-state index in [1.54, 1.807) is 23.5 Å². The van der Waals surface area contributed by atoms with Crippen LogP contribution in [0.5, 0.6) is 5.06 Å². The summed E-state index contributed by atoms with van der Waals surface area (Å²) in [6, 6.07) is 9.35. The van der Waals surface area contributed by atoms with E-state index in [0.717, 1.165) is 44.0 Å². The first-order valence-corrected chi connectivity index (χ1v) is 11.7. The van der Waals surface area contributed by atoms with Gasteiger partial charge in [-0.1, -0.05) is 31.5 Å². The van der Waals surface area contributed by atoms with Crippen LogP contribution in [-0.4, -0.2) is 48.0 Å². The number of halogens is 1. The Bertz CT molecular complexity index is 858. The lowest BCUT2D eigenvalue weighted by Gasteiger charge is -2.32. The van der Waals surface area contributed by atoms with Gasteiger partial charge in [-0.15, -0.1) is 11.3 Å². The number of hydrogen-bond acceptors (Lipinski definition) is 4. The summed E-state index contributed by atoms with van der Waals surface area (Å²) in [4.78, 5) is 18.6.